The predicted molar refractivity (Wildman–Crippen MR) is 103 cm³/mol. The number of carbonyl (C=O) groups is 2. The van der Waals surface area contributed by atoms with Crippen molar-refractivity contribution < 1.29 is 19.1 Å². The molecule has 0 saturated carbocycles. The van der Waals surface area contributed by atoms with Gasteiger partial charge in [0.1, 0.15) is 0 Å². The van der Waals surface area contributed by atoms with Gasteiger partial charge in [-0.2, -0.15) is 0 Å². The first kappa shape index (κ1) is 18.0. The molecule has 0 bridgehead atoms. The summed E-state index contributed by atoms with van der Waals surface area (Å²) in [6.07, 6.45) is 1.78. The lowest BCUT2D eigenvalue weighted by Crippen LogP contribution is -2.20. The van der Waals surface area contributed by atoms with Crippen LogP contribution in [0.3, 0.4) is 0 Å². The molecule has 134 valence electrons. The Balaban J connectivity index is 2.01. The van der Waals surface area contributed by atoms with E-state index in [0.717, 1.165) is 16.8 Å². The van der Waals surface area contributed by atoms with Gasteiger partial charge in [0.15, 0.2) is 18.1 Å². The Hall–Kier alpha value is -2.80. The van der Waals surface area contributed by atoms with E-state index < -0.39 is 5.91 Å². The molecule has 7 heteroatoms. The molecule has 26 heavy (non-hydrogen) atoms. The second-order valence-electron chi connectivity index (χ2n) is 5.57. The first-order valence-electron chi connectivity index (χ1n) is 7.99. The summed E-state index contributed by atoms with van der Waals surface area (Å²) in [5.74, 6) is 0.130. The van der Waals surface area contributed by atoms with Crippen molar-refractivity contribution in [3.63, 3.8) is 0 Å². The third-order valence-electron chi connectivity index (χ3n) is 3.74. The predicted octanol–water partition coefficient (Wildman–Crippen LogP) is 3.20. The Morgan fingerprint density at radius 1 is 1.23 bits per heavy atom. The molecule has 0 saturated heterocycles. The maximum absolute atomic E-state index is 12.3. The van der Waals surface area contributed by atoms with Crippen LogP contribution >= 0.6 is 15.9 Å². The molecule has 0 spiro atoms. The number of nitrogens with two attached hydrogens (primary N) is 1. The third-order valence-corrected chi connectivity index (χ3v) is 4.43. The fourth-order valence-electron chi connectivity index (χ4n) is 2.63. The highest BCUT2D eigenvalue weighted by Gasteiger charge is 2.24. The first-order valence-corrected chi connectivity index (χ1v) is 8.78. The van der Waals surface area contributed by atoms with Crippen LogP contribution in [0.1, 0.15) is 18.1 Å². The SMILES string of the molecule is CCOc1cc(/C=C2\C(=O)Nc3ccccc32)c(Br)cc1OCC(N)=O. The van der Waals surface area contributed by atoms with Crippen LogP contribution in [0.2, 0.25) is 0 Å². The van der Waals surface area contributed by atoms with Crippen LogP contribution in [-0.4, -0.2) is 25.0 Å². The van der Waals surface area contributed by atoms with Crippen LogP contribution in [0.25, 0.3) is 11.6 Å². The number of fused-ring (bicyclic) bond motifs is 1. The number of para-hydroxylation sites is 1. The lowest BCUT2D eigenvalue weighted by atomic mass is 10.0. The van der Waals surface area contributed by atoms with Crippen molar-refractivity contribution in [1.82, 2.24) is 0 Å². The summed E-state index contributed by atoms with van der Waals surface area (Å²) in [5.41, 5.74) is 8.07. The van der Waals surface area contributed by atoms with Crippen LogP contribution in [0.5, 0.6) is 11.5 Å². The zero-order valence-electron chi connectivity index (χ0n) is 14.0. The molecule has 2 aromatic rings. The standard InChI is InChI=1S/C19H17BrN2O4/c1-2-25-16-8-11(14(20)9-17(16)26-10-18(21)23)7-13-12-5-3-4-6-15(12)22-19(13)24/h3-9H,2,10H2,1H3,(H2,21,23)(H,22,24)/b13-7-. The molecule has 1 heterocycles. The molecular formula is C19H17BrN2O4. The monoisotopic (exact) mass is 416 g/mol. The Labute approximate surface area is 159 Å². The minimum atomic E-state index is -0.575. The van der Waals surface area contributed by atoms with Crippen LogP contribution in [-0.2, 0) is 9.59 Å². The number of halogens is 1. The number of ether oxygens (including phenoxy) is 2. The van der Waals surface area contributed by atoms with E-state index in [1.54, 1.807) is 18.2 Å². The van der Waals surface area contributed by atoms with Gasteiger partial charge >= 0.3 is 0 Å². The molecule has 1 aliphatic heterocycles. The molecule has 0 fully saturated rings. The van der Waals surface area contributed by atoms with Gasteiger partial charge in [0, 0.05) is 21.3 Å². The highest BCUT2D eigenvalue weighted by molar-refractivity contribution is 9.10. The average molecular weight is 417 g/mol. The molecule has 6 nitrogen and oxygen atoms in total. The van der Waals surface area contributed by atoms with Crippen molar-refractivity contribution in [1.29, 1.82) is 0 Å². The molecule has 0 radical (unpaired) electrons. The molecule has 3 rings (SSSR count). The van der Waals surface area contributed by atoms with Crippen LogP contribution in [0.15, 0.2) is 40.9 Å². The number of carbonyl (C=O) groups excluding carboxylic acids is 2. The number of anilines is 1. The van der Waals surface area contributed by atoms with Gasteiger partial charge < -0.3 is 20.5 Å². The van der Waals surface area contributed by atoms with E-state index in [1.165, 1.54) is 0 Å². The highest BCUT2D eigenvalue weighted by atomic mass is 79.9. The summed E-state index contributed by atoms with van der Waals surface area (Å²) in [6.45, 7) is 2.02. The first-order chi connectivity index (χ1) is 12.5. The Kier molecular flexibility index (Phi) is 5.27. The number of hydrogen-bond donors (Lipinski definition) is 2. The molecule has 2 amide bonds. The van der Waals surface area contributed by atoms with E-state index >= 15 is 0 Å². The number of amides is 2. The molecule has 0 aliphatic carbocycles. The Morgan fingerprint density at radius 3 is 2.69 bits per heavy atom. The van der Waals surface area contributed by atoms with Crippen molar-refractivity contribution in [2.75, 3.05) is 18.5 Å². The van der Waals surface area contributed by atoms with Gasteiger partial charge in [-0.25, -0.2) is 0 Å². The third kappa shape index (κ3) is 3.72. The zero-order valence-corrected chi connectivity index (χ0v) is 15.6. The van der Waals surface area contributed by atoms with Crippen molar-refractivity contribution in [3.05, 3.63) is 52.0 Å². The fourth-order valence-corrected chi connectivity index (χ4v) is 3.07. The smallest absolute Gasteiger partial charge is 0.256 e. The molecule has 2 aromatic carbocycles. The second-order valence-corrected chi connectivity index (χ2v) is 6.42. The molecule has 0 atom stereocenters. The Morgan fingerprint density at radius 2 is 1.96 bits per heavy atom. The van der Waals surface area contributed by atoms with E-state index in [9.17, 15) is 9.59 Å². The Bertz CT molecular complexity index is 908. The van der Waals surface area contributed by atoms with E-state index in [1.807, 2.05) is 31.2 Å². The summed E-state index contributed by atoms with van der Waals surface area (Å²) in [5, 5.41) is 2.84. The van der Waals surface area contributed by atoms with E-state index in [-0.39, 0.29) is 12.5 Å². The van der Waals surface area contributed by atoms with Crippen LogP contribution in [0.4, 0.5) is 5.69 Å². The van der Waals surface area contributed by atoms with Crippen molar-refractivity contribution in [2.45, 2.75) is 6.92 Å². The summed E-state index contributed by atoms with van der Waals surface area (Å²) in [6, 6.07) is 10.9. The van der Waals surface area contributed by atoms with E-state index in [0.29, 0.717) is 28.2 Å². The van der Waals surface area contributed by atoms with Crippen molar-refractivity contribution >= 4 is 45.1 Å². The largest absolute Gasteiger partial charge is 0.490 e. The summed E-state index contributed by atoms with van der Waals surface area (Å²) < 4.78 is 11.7. The zero-order chi connectivity index (χ0) is 18.7. The highest BCUT2D eigenvalue weighted by Crippen LogP contribution is 2.38. The summed E-state index contributed by atoms with van der Waals surface area (Å²) in [7, 11) is 0. The minimum Gasteiger partial charge on any atom is -0.490 e. The molecule has 0 aromatic heterocycles. The molecule has 3 N–H and O–H groups in total. The molecule has 0 unspecified atom stereocenters. The maximum atomic E-state index is 12.3. The van der Waals surface area contributed by atoms with Crippen molar-refractivity contribution in [2.24, 2.45) is 5.73 Å². The summed E-state index contributed by atoms with van der Waals surface area (Å²) >= 11 is 3.48. The van der Waals surface area contributed by atoms with E-state index in [2.05, 4.69) is 21.2 Å². The van der Waals surface area contributed by atoms with Gasteiger partial charge in [-0.05, 0) is 36.8 Å². The molecular weight excluding hydrogens is 400 g/mol. The normalized spacial score (nSPS) is 14.1. The van der Waals surface area contributed by atoms with E-state index in [4.69, 9.17) is 15.2 Å². The number of nitrogens with one attached hydrogen (secondary N) is 1. The van der Waals surface area contributed by atoms with Crippen molar-refractivity contribution in [3.8, 4) is 11.5 Å². The van der Waals surface area contributed by atoms with Gasteiger partial charge in [0.05, 0.1) is 6.61 Å². The quantitative estimate of drug-likeness (QED) is 0.707. The van der Waals surface area contributed by atoms with Gasteiger partial charge in [-0.15, -0.1) is 0 Å². The number of primary amides is 1. The second kappa shape index (κ2) is 7.61. The number of benzene rings is 2. The molecule has 1 aliphatic rings. The average Bonchev–Trinajstić information content (AvgIpc) is 2.92. The number of rotatable bonds is 6. The fraction of sp³-hybridized carbons (Fsp3) is 0.158. The topological polar surface area (TPSA) is 90.7 Å². The maximum Gasteiger partial charge on any atom is 0.256 e. The van der Waals surface area contributed by atoms with Gasteiger partial charge in [-0.1, -0.05) is 34.1 Å². The number of hydrogen-bond acceptors (Lipinski definition) is 4. The van der Waals surface area contributed by atoms with Crippen LogP contribution in [0, 0.1) is 0 Å². The van der Waals surface area contributed by atoms with Crippen LogP contribution < -0.4 is 20.5 Å². The summed E-state index contributed by atoms with van der Waals surface area (Å²) in [4.78, 5) is 23.3. The lowest BCUT2D eigenvalue weighted by molar-refractivity contribution is -0.120. The minimum absolute atomic E-state index is 0.162. The van der Waals surface area contributed by atoms with Gasteiger partial charge in [0.25, 0.3) is 11.8 Å². The van der Waals surface area contributed by atoms with Gasteiger partial charge in [-0.3, -0.25) is 9.59 Å². The van der Waals surface area contributed by atoms with Gasteiger partial charge in [0.2, 0.25) is 0 Å². The lowest BCUT2D eigenvalue weighted by Gasteiger charge is -2.13.